The molecule has 0 rings (SSSR count). The van der Waals surface area contributed by atoms with Crippen LogP contribution in [0.25, 0.3) is 0 Å². The van der Waals surface area contributed by atoms with Crippen molar-refractivity contribution in [3.05, 3.63) is 0 Å². The van der Waals surface area contributed by atoms with Gasteiger partial charge in [0.2, 0.25) is 0 Å². The molecule has 0 aromatic rings. The summed E-state index contributed by atoms with van der Waals surface area (Å²) in [5, 5.41) is 19.9. The van der Waals surface area contributed by atoms with Crippen LogP contribution in [0.15, 0.2) is 0 Å². The van der Waals surface area contributed by atoms with Gasteiger partial charge in [0.1, 0.15) is 0 Å². The van der Waals surface area contributed by atoms with Gasteiger partial charge in [-0.2, -0.15) is 0 Å². The van der Waals surface area contributed by atoms with E-state index in [2.05, 4.69) is 13.8 Å². The summed E-state index contributed by atoms with van der Waals surface area (Å²) in [6.07, 6.45) is 14.4. The summed E-state index contributed by atoms with van der Waals surface area (Å²) in [5.74, 6) is 0. The number of hydrogen-bond acceptors (Lipinski definition) is 2. The van der Waals surface area contributed by atoms with E-state index in [0.717, 1.165) is 25.7 Å². The molecule has 0 spiro atoms. The van der Waals surface area contributed by atoms with Crippen molar-refractivity contribution in [2.45, 2.75) is 90.9 Å². The van der Waals surface area contributed by atoms with E-state index in [0.29, 0.717) is 0 Å². The van der Waals surface area contributed by atoms with E-state index in [9.17, 15) is 10.2 Å². The Labute approximate surface area is 138 Å². The van der Waals surface area contributed by atoms with Gasteiger partial charge in [0.15, 0.2) is 0 Å². The molecule has 0 radical (unpaired) electrons. The molecule has 0 aromatic heterocycles. The van der Waals surface area contributed by atoms with E-state index in [-0.39, 0.29) is 37.1 Å². The Bertz CT molecular complexity index is 95.3. The zero-order valence-electron chi connectivity index (χ0n) is 13.2. The average molecular weight is 377 g/mol. The molecule has 0 aliphatic heterocycles. The van der Waals surface area contributed by atoms with Gasteiger partial charge in [-0.05, 0) is 0 Å². The smallest absolute Gasteiger partial charge is 0.854 e. The second-order valence-corrected chi connectivity index (χ2v) is 4.94. The van der Waals surface area contributed by atoms with Crippen molar-refractivity contribution in [2.75, 3.05) is 13.2 Å². The van der Waals surface area contributed by atoms with Crippen LogP contribution in [0.5, 0.6) is 0 Å². The van der Waals surface area contributed by atoms with Crippen molar-refractivity contribution in [1.29, 1.82) is 0 Å². The fraction of sp³-hybridized carbons (Fsp3) is 1.00. The molecule has 0 aromatic carbocycles. The van der Waals surface area contributed by atoms with E-state index < -0.39 is 0 Å². The SMILES string of the molecule is CCCCCCCC[O-].CCCCCCCC[O-].[Sn+4]. The molecule has 0 aliphatic carbocycles. The number of rotatable bonds is 12. The molecule has 0 aliphatic rings. The van der Waals surface area contributed by atoms with Crippen LogP contribution in [0.1, 0.15) is 90.9 Å². The summed E-state index contributed by atoms with van der Waals surface area (Å²) in [4.78, 5) is 0. The van der Waals surface area contributed by atoms with Crippen molar-refractivity contribution in [1.82, 2.24) is 0 Å². The third-order valence-electron chi connectivity index (χ3n) is 3.00. The molecule has 0 N–H and O–H groups in total. The van der Waals surface area contributed by atoms with Crippen LogP contribution in [0.3, 0.4) is 0 Å². The van der Waals surface area contributed by atoms with E-state index >= 15 is 0 Å². The Morgan fingerprint density at radius 3 is 1.00 bits per heavy atom. The first-order valence-electron chi connectivity index (χ1n) is 7.99. The first-order chi connectivity index (χ1) is 8.83. The molecule has 0 fully saturated rings. The van der Waals surface area contributed by atoms with Gasteiger partial charge in [-0.1, -0.05) is 90.9 Å². The minimum Gasteiger partial charge on any atom is -0.854 e. The van der Waals surface area contributed by atoms with E-state index in [4.69, 9.17) is 0 Å². The van der Waals surface area contributed by atoms with Crippen LogP contribution in [0, 0.1) is 0 Å². The fourth-order valence-electron chi connectivity index (χ4n) is 1.76. The minimum absolute atomic E-state index is 0. The normalized spacial score (nSPS) is 9.47. The van der Waals surface area contributed by atoms with Gasteiger partial charge in [0, 0.05) is 0 Å². The largest absolute Gasteiger partial charge is 4.00 e. The fourth-order valence-corrected chi connectivity index (χ4v) is 1.76. The standard InChI is InChI=1S/2C8H17O.Sn/c2*1-2-3-4-5-6-7-8-9;/h2*2-8H2,1H3;/q2*-1;+4. The summed E-state index contributed by atoms with van der Waals surface area (Å²) in [6.45, 7) is 4.64. The molecule has 0 bridgehead atoms. The molecule has 0 saturated heterocycles. The molecular weight excluding hydrogens is 343 g/mol. The van der Waals surface area contributed by atoms with Crippen molar-refractivity contribution >= 4 is 23.9 Å². The van der Waals surface area contributed by atoms with E-state index in [1.807, 2.05) is 0 Å². The third-order valence-corrected chi connectivity index (χ3v) is 3.00. The summed E-state index contributed by atoms with van der Waals surface area (Å²) >= 11 is 0. The van der Waals surface area contributed by atoms with E-state index in [1.165, 1.54) is 51.4 Å². The maximum absolute atomic E-state index is 9.96. The van der Waals surface area contributed by atoms with Crippen molar-refractivity contribution in [3.63, 3.8) is 0 Å². The monoisotopic (exact) mass is 378 g/mol. The van der Waals surface area contributed by atoms with Gasteiger partial charge in [-0.3, -0.25) is 0 Å². The van der Waals surface area contributed by atoms with Gasteiger partial charge in [0.05, 0.1) is 0 Å². The van der Waals surface area contributed by atoms with Gasteiger partial charge >= 0.3 is 23.9 Å². The summed E-state index contributed by atoms with van der Waals surface area (Å²) in [6, 6.07) is 0. The van der Waals surface area contributed by atoms with Crippen LogP contribution in [0.2, 0.25) is 0 Å². The molecule has 0 saturated carbocycles. The van der Waals surface area contributed by atoms with E-state index in [1.54, 1.807) is 0 Å². The predicted molar refractivity (Wildman–Crippen MR) is 82.2 cm³/mol. The number of hydrogen-bond donors (Lipinski definition) is 0. The second kappa shape index (κ2) is 27.1. The van der Waals surface area contributed by atoms with Crippen LogP contribution < -0.4 is 10.2 Å². The topological polar surface area (TPSA) is 46.1 Å². The maximum atomic E-state index is 9.96. The molecule has 19 heavy (non-hydrogen) atoms. The quantitative estimate of drug-likeness (QED) is 0.388. The Hall–Kier alpha value is 0.719. The van der Waals surface area contributed by atoms with Crippen LogP contribution in [-0.4, -0.2) is 37.1 Å². The number of unbranched alkanes of at least 4 members (excludes halogenated alkanes) is 10. The van der Waals surface area contributed by atoms with Crippen molar-refractivity contribution in [3.8, 4) is 0 Å². The first-order valence-corrected chi connectivity index (χ1v) is 7.99. The van der Waals surface area contributed by atoms with Crippen molar-refractivity contribution in [2.24, 2.45) is 0 Å². The average Bonchev–Trinajstić information content (AvgIpc) is 2.39. The van der Waals surface area contributed by atoms with Gasteiger partial charge in [-0.15, -0.1) is 13.2 Å². The summed E-state index contributed by atoms with van der Waals surface area (Å²) in [5.41, 5.74) is 0. The molecular formula is C16H34O2Sn+2. The summed E-state index contributed by atoms with van der Waals surface area (Å²) in [7, 11) is 0. The van der Waals surface area contributed by atoms with Crippen LogP contribution >= 0.6 is 0 Å². The maximum Gasteiger partial charge on any atom is 4.00 e. The Balaban J connectivity index is -0.000000256. The van der Waals surface area contributed by atoms with Gasteiger partial charge < -0.3 is 10.2 Å². The zero-order valence-corrected chi connectivity index (χ0v) is 16.1. The molecule has 112 valence electrons. The zero-order chi connectivity index (χ0) is 13.9. The predicted octanol–water partition coefficient (Wildman–Crippen LogP) is 3.03. The molecule has 3 heteroatoms. The van der Waals surface area contributed by atoms with Gasteiger partial charge in [0.25, 0.3) is 0 Å². The third kappa shape index (κ3) is 32.3. The van der Waals surface area contributed by atoms with Crippen LogP contribution in [0.4, 0.5) is 0 Å². The Morgan fingerprint density at radius 2 is 0.737 bits per heavy atom. The molecule has 0 heterocycles. The Morgan fingerprint density at radius 1 is 0.474 bits per heavy atom. The first kappa shape index (κ1) is 24.7. The molecule has 0 atom stereocenters. The molecule has 2 nitrogen and oxygen atoms in total. The molecule has 0 unspecified atom stereocenters. The molecule has 0 amide bonds. The van der Waals surface area contributed by atoms with Gasteiger partial charge in [-0.25, -0.2) is 0 Å². The summed E-state index contributed by atoms with van der Waals surface area (Å²) < 4.78 is 0. The van der Waals surface area contributed by atoms with Crippen LogP contribution in [-0.2, 0) is 0 Å². The second-order valence-electron chi connectivity index (χ2n) is 4.94. The Kier molecular flexibility index (Phi) is 35.3. The van der Waals surface area contributed by atoms with Crippen molar-refractivity contribution < 1.29 is 10.2 Å². The minimum atomic E-state index is 0.